The van der Waals surface area contributed by atoms with Crippen molar-refractivity contribution in [2.75, 3.05) is 0 Å². The normalized spacial score (nSPS) is 12.8. The molecule has 0 saturated heterocycles. The van der Waals surface area contributed by atoms with Crippen LogP contribution in [0.5, 0.6) is 0 Å². The second-order valence-electron chi connectivity index (χ2n) is 7.12. The van der Waals surface area contributed by atoms with Gasteiger partial charge in [0.15, 0.2) is 11.5 Å². The highest BCUT2D eigenvalue weighted by atomic mass is 32.1. The van der Waals surface area contributed by atoms with E-state index in [4.69, 9.17) is 4.98 Å². The van der Waals surface area contributed by atoms with Crippen LogP contribution in [0.1, 0.15) is 19.4 Å². The number of thiophene rings is 1. The zero-order valence-corrected chi connectivity index (χ0v) is 18.1. The molecule has 31 heavy (non-hydrogen) atoms. The number of fused-ring (bicyclic) bond motifs is 2. The van der Waals surface area contributed by atoms with Crippen LogP contribution < -0.4 is 0 Å². The first-order valence-electron chi connectivity index (χ1n) is 10.1. The number of nitrogens with one attached hydrogen (secondary N) is 2. The average molecular weight is 424 g/mol. The van der Waals surface area contributed by atoms with E-state index in [1.165, 1.54) is 0 Å². The molecule has 0 atom stereocenters. The lowest BCUT2D eigenvalue weighted by Crippen LogP contribution is -1.84. The summed E-state index contributed by atoms with van der Waals surface area (Å²) >= 11 is 1.68. The summed E-state index contributed by atoms with van der Waals surface area (Å²) in [5, 5.41) is 12.9. The molecule has 1 aromatic carbocycles. The molecule has 0 bridgehead atoms. The highest BCUT2D eigenvalue weighted by Gasteiger charge is 2.16. The molecule has 5 rings (SSSR count). The van der Waals surface area contributed by atoms with Gasteiger partial charge in [-0.15, -0.1) is 0 Å². The van der Waals surface area contributed by atoms with Crippen LogP contribution in [0.25, 0.3) is 50.3 Å². The summed E-state index contributed by atoms with van der Waals surface area (Å²) in [4.78, 5) is 12.7. The lowest BCUT2D eigenvalue weighted by atomic mass is 10.0. The van der Waals surface area contributed by atoms with Crippen molar-refractivity contribution in [3.05, 3.63) is 83.2 Å². The number of nitrogens with zero attached hydrogens (tertiary/aromatic N) is 3. The number of pyridine rings is 1. The summed E-state index contributed by atoms with van der Waals surface area (Å²) in [5.74, 6) is 0.708. The molecule has 0 saturated carbocycles. The first-order valence-corrected chi connectivity index (χ1v) is 11.0. The van der Waals surface area contributed by atoms with Gasteiger partial charge in [0.2, 0.25) is 0 Å². The van der Waals surface area contributed by atoms with Gasteiger partial charge in [0.25, 0.3) is 0 Å². The quantitative estimate of drug-likeness (QED) is 0.307. The minimum atomic E-state index is 0.689. The van der Waals surface area contributed by atoms with Crippen molar-refractivity contribution in [2.45, 2.75) is 13.8 Å². The third kappa shape index (κ3) is 3.51. The Bertz CT molecular complexity index is 1450. The van der Waals surface area contributed by atoms with Gasteiger partial charge in [-0.05, 0) is 65.6 Å². The Morgan fingerprint density at radius 3 is 2.84 bits per heavy atom. The Hall–Kier alpha value is -3.77. The maximum atomic E-state index is 4.75. The Morgan fingerprint density at radius 1 is 1.10 bits per heavy atom. The van der Waals surface area contributed by atoms with Gasteiger partial charge in [-0.2, -0.15) is 16.4 Å². The van der Waals surface area contributed by atoms with Crippen molar-refractivity contribution in [3.63, 3.8) is 0 Å². The summed E-state index contributed by atoms with van der Waals surface area (Å²) in [7, 11) is 0. The fourth-order valence-electron chi connectivity index (χ4n) is 3.68. The lowest BCUT2D eigenvalue weighted by molar-refractivity contribution is 1.10. The van der Waals surface area contributed by atoms with Crippen LogP contribution in [0.2, 0.25) is 0 Å². The minimum Gasteiger partial charge on any atom is -0.335 e. The van der Waals surface area contributed by atoms with Gasteiger partial charge in [-0.25, -0.2) is 9.97 Å². The molecule has 4 heterocycles. The van der Waals surface area contributed by atoms with E-state index < -0.39 is 0 Å². The molecule has 2 N–H and O–H groups in total. The highest BCUT2D eigenvalue weighted by molar-refractivity contribution is 7.08. The van der Waals surface area contributed by atoms with E-state index in [9.17, 15) is 0 Å². The SMILES string of the molecule is C/C=C/C=C\C(=C/C)c1ccc2[nH]nc(-c3nc4nccc(-c5ccsc5)c4[nH]3)c2c1. The number of H-pyrrole nitrogens is 2. The lowest BCUT2D eigenvalue weighted by Gasteiger charge is -2.03. The van der Waals surface area contributed by atoms with Gasteiger partial charge in [0, 0.05) is 17.1 Å². The van der Waals surface area contributed by atoms with Gasteiger partial charge in [0.1, 0.15) is 5.69 Å². The number of hydrogen-bond donors (Lipinski definition) is 2. The van der Waals surface area contributed by atoms with E-state index in [1.807, 2.05) is 38.1 Å². The largest absolute Gasteiger partial charge is 0.335 e. The molecule has 0 spiro atoms. The molecule has 0 aliphatic heterocycles. The van der Waals surface area contributed by atoms with Crippen LogP contribution in [-0.4, -0.2) is 25.1 Å². The molecule has 0 aliphatic carbocycles. The van der Waals surface area contributed by atoms with Crippen LogP contribution in [-0.2, 0) is 0 Å². The van der Waals surface area contributed by atoms with Gasteiger partial charge < -0.3 is 4.98 Å². The van der Waals surface area contributed by atoms with E-state index >= 15 is 0 Å². The molecule has 5 nitrogen and oxygen atoms in total. The van der Waals surface area contributed by atoms with Gasteiger partial charge in [0.05, 0.1) is 11.0 Å². The average Bonchev–Trinajstić information content (AvgIpc) is 3.55. The Labute approximate surface area is 183 Å². The molecule has 0 fully saturated rings. The van der Waals surface area contributed by atoms with Gasteiger partial charge in [-0.1, -0.05) is 36.4 Å². The highest BCUT2D eigenvalue weighted by Crippen LogP contribution is 2.32. The molecular weight excluding hydrogens is 402 g/mol. The molecule has 0 aliphatic rings. The standard InChI is InChI=1S/C25H21N5S/c1-3-5-6-7-16(4-2)17-8-9-21-20(14-17)23(30-29-21)25-27-22-19(18-11-13-31-15-18)10-12-26-24(22)28-25/h3-15H,1-2H3,(H,29,30)(H,26,27,28)/b5-3+,7-6-,16-4+. The Balaban J connectivity index is 1.62. The van der Waals surface area contributed by atoms with Crippen molar-refractivity contribution in [2.24, 2.45) is 0 Å². The summed E-state index contributed by atoms with van der Waals surface area (Å²) in [5.41, 5.74) is 7.91. The summed E-state index contributed by atoms with van der Waals surface area (Å²) in [6.45, 7) is 4.06. The number of rotatable bonds is 5. The van der Waals surface area contributed by atoms with Crippen LogP contribution in [0.3, 0.4) is 0 Å². The molecular formula is C25H21N5S. The number of aromatic nitrogens is 5. The van der Waals surface area contributed by atoms with E-state index in [2.05, 4.69) is 67.3 Å². The fraction of sp³-hybridized carbons (Fsp3) is 0.0800. The third-order valence-corrected chi connectivity index (χ3v) is 5.92. The van der Waals surface area contributed by atoms with Crippen molar-refractivity contribution in [1.82, 2.24) is 25.1 Å². The van der Waals surface area contributed by atoms with Crippen molar-refractivity contribution >= 4 is 39.0 Å². The molecule has 5 aromatic rings. The van der Waals surface area contributed by atoms with E-state index in [0.717, 1.165) is 44.4 Å². The molecule has 152 valence electrons. The maximum Gasteiger partial charge on any atom is 0.178 e. The maximum absolute atomic E-state index is 4.75. The zero-order chi connectivity index (χ0) is 21.2. The Kier molecular flexibility index (Phi) is 5.06. The topological polar surface area (TPSA) is 70.2 Å². The number of hydrogen-bond acceptors (Lipinski definition) is 4. The van der Waals surface area contributed by atoms with Crippen molar-refractivity contribution < 1.29 is 0 Å². The van der Waals surface area contributed by atoms with Crippen LogP contribution in [0, 0.1) is 0 Å². The van der Waals surface area contributed by atoms with Crippen LogP contribution in [0.4, 0.5) is 0 Å². The fourth-order valence-corrected chi connectivity index (χ4v) is 4.34. The van der Waals surface area contributed by atoms with Crippen LogP contribution in [0.15, 0.2) is 77.7 Å². The summed E-state index contributed by atoms with van der Waals surface area (Å²) in [6, 6.07) is 10.4. The molecule has 6 heteroatoms. The predicted molar refractivity (Wildman–Crippen MR) is 130 cm³/mol. The van der Waals surface area contributed by atoms with Gasteiger partial charge in [-0.3, -0.25) is 5.10 Å². The second kappa shape index (κ2) is 8.16. The monoisotopic (exact) mass is 423 g/mol. The minimum absolute atomic E-state index is 0.689. The molecule has 4 aromatic heterocycles. The van der Waals surface area contributed by atoms with Crippen LogP contribution >= 0.6 is 11.3 Å². The number of allylic oxidation sites excluding steroid dienone is 6. The van der Waals surface area contributed by atoms with E-state index in [-0.39, 0.29) is 0 Å². The van der Waals surface area contributed by atoms with Gasteiger partial charge >= 0.3 is 0 Å². The number of benzene rings is 1. The zero-order valence-electron chi connectivity index (χ0n) is 17.3. The smallest absolute Gasteiger partial charge is 0.178 e. The summed E-state index contributed by atoms with van der Waals surface area (Å²) in [6.07, 6.45) is 12.1. The number of aromatic amines is 2. The molecule has 0 amide bonds. The molecule has 0 unspecified atom stereocenters. The van der Waals surface area contributed by atoms with Crippen molar-refractivity contribution in [1.29, 1.82) is 0 Å². The predicted octanol–water partition coefficient (Wildman–Crippen LogP) is 6.77. The third-order valence-electron chi connectivity index (χ3n) is 5.24. The molecule has 0 radical (unpaired) electrons. The summed E-state index contributed by atoms with van der Waals surface area (Å²) < 4.78 is 0. The van der Waals surface area contributed by atoms with E-state index in [1.54, 1.807) is 17.5 Å². The Morgan fingerprint density at radius 2 is 2.03 bits per heavy atom. The van der Waals surface area contributed by atoms with E-state index in [0.29, 0.717) is 11.5 Å². The first-order chi connectivity index (χ1) is 15.3. The number of imidazole rings is 1. The second-order valence-corrected chi connectivity index (χ2v) is 7.90. The van der Waals surface area contributed by atoms with Crippen molar-refractivity contribution in [3.8, 4) is 22.6 Å². The first kappa shape index (κ1) is 19.2.